The number of rotatable bonds is 7. The van der Waals surface area contributed by atoms with Crippen LogP contribution in [0.15, 0.2) is 97.2 Å². The van der Waals surface area contributed by atoms with Gasteiger partial charge in [0.1, 0.15) is 11.5 Å². The molecule has 0 radical (unpaired) electrons. The van der Waals surface area contributed by atoms with Gasteiger partial charge in [0.05, 0.1) is 17.8 Å². The third-order valence-electron chi connectivity index (χ3n) is 6.08. The lowest BCUT2D eigenvalue weighted by molar-refractivity contribution is -0.274. The molecule has 1 atom stereocenters. The van der Waals surface area contributed by atoms with Crippen LogP contribution in [0.5, 0.6) is 11.5 Å². The average molecular weight is 505 g/mol. The molecular formula is C29H23F3N2O3. The molecule has 188 valence electrons. The number of pyridine rings is 1. The number of hydrogen-bond acceptors (Lipinski definition) is 4. The minimum Gasteiger partial charge on any atom is -0.470 e. The maximum atomic E-state index is 13.7. The van der Waals surface area contributed by atoms with Crippen LogP contribution in [0.1, 0.15) is 28.0 Å². The van der Waals surface area contributed by atoms with Crippen LogP contribution < -0.4 is 9.47 Å². The van der Waals surface area contributed by atoms with E-state index in [4.69, 9.17) is 4.74 Å². The predicted octanol–water partition coefficient (Wildman–Crippen LogP) is 6.64. The number of benzene rings is 3. The first-order chi connectivity index (χ1) is 17.9. The van der Waals surface area contributed by atoms with Gasteiger partial charge >= 0.3 is 6.36 Å². The van der Waals surface area contributed by atoms with Gasteiger partial charge < -0.3 is 9.47 Å². The van der Waals surface area contributed by atoms with Crippen LogP contribution in [0.25, 0.3) is 11.1 Å². The number of hydrogen-bond donors (Lipinski definition) is 0. The summed E-state index contributed by atoms with van der Waals surface area (Å²) in [6, 6.07) is 26.3. The third-order valence-corrected chi connectivity index (χ3v) is 6.08. The van der Waals surface area contributed by atoms with Gasteiger partial charge in [0.25, 0.3) is 5.91 Å². The van der Waals surface area contributed by atoms with Crippen molar-refractivity contribution in [1.82, 2.24) is 9.88 Å². The normalized spacial score (nSPS) is 15.2. The molecule has 3 aromatic carbocycles. The molecular weight excluding hydrogens is 481 g/mol. The van der Waals surface area contributed by atoms with Gasteiger partial charge in [-0.2, -0.15) is 0 Å². The second kappa shape index (κ2) is 10.3. The molecule has 1 aromatic heterocycles. The highest BCUT2D eigenvalue weighted by Gasteiger charge is 2.34. The van der Waals surface area contributed by atoms with E-state index in [1.54, 1.807) is 29.3 Å². The maximum absolute atomic E-state index is 13.7. The zero-order valence-electron chi connectivity index (χ0n) is 19.7. The quantitative estimate of drug-likeness (QED) is 0.283. The average Bonchev–Trinajstić information content (AvgIpc) is 2.90. The Bertz CT molecular complexity index is 1360. The summed E-state index contributed by atoms with van der Waals surface area (Å²) < 4.78 is 47.7. The molecule has 0 saturated carbocycles. The van der Waals surface area contributed by atoms with Gasteiger partial charge in [0, 0.05) is 12.6 Å². The van der Waals surface area contributed by atoms with E-state index in [-0.39, 0.29) is 18.2 Å². The Balaban J connectivity index is 1.41. The van der Waals surface area contributed by atoms with E-state index < -0.39 is 12.6 Å². The minimum absolute atomic E-state index is 0.191. The number of alkyl halides is 3. The Morgan fingerprint density at radius 2 is 1.62 bits per heavy atom. The largest absolute Gasteiger partial charge is 0.573 e. The molecule has 1 unspecified atom stereocenters. The predicted molar refractivity (Wildman–Crippen MR) is 132 cm³/mol. The molecule has 1 aliphatic heterocycles. The first-order valence-electron chi connectivity index (χ1n) is 11.8. The number of nitrogens with zero attached hydrogens (tertiary/aromatic N) is 2. The summed E-state index contributed by atoms with van der Waals surface area (Å²) in [6.07, 6.45) is -2.22. The molecule has 2 heterocycles. The smallest absolute Gasteiger partial charge is 0.470 e. The van der Waals surface area contributed by atoms with Crippen molar-refractivity contribution in [1.29, 1.82) is 0 Å². The second-order valence-electron chi connectivity index (χ2n) is 8.63. The number of ether oxygens (including phenoxy) is 2. The number of carbonyl (C=O) groups is 1. The molecule has 0 N–H and O–H groups in total. The molecule has 0 spiro atoms. The highest BCUT2D eigenvalue weighted by atomic mass is 19.4. The summed E-state index contributed by atoms with van der Waals surface area (Å²) in [6.45, 7) is 0.284. The highest BCUT2D eigenvalue weighted by molar-refractivity contribution is 5.99. The van der Waals surface area contributed by atoms with E-state index in [9.17, 15) is 18.0 Å². The van der Waals surface area contributed by atoms with Crippen molar-refractivity contribution in [3.8, 4) is 22.6 Å². The highest BCUT2D eigenvalue weighted by Crippen LogP contribution is 2.35. The third kappa shape index (κ3) is 5.91. The molecule has 0 bridgehead atoms. The van der Waals surface area contributed by atoms with Crippen molar-refractivity contribution in [3.63, 3.8) is 0 Å². The van der Waals surface area contributed by atoms with Gasteiger partial charge in [-0.05, 0) is 59.5 Å². The first kappa shape index (κ1) is 24.4. The van der Waals surface area contributed by atoms with E-state index in [0.717, 1.165) is 17.7 Å². The lowest BCUT2D eigenvalue weighted by atomic mass is 10.00. The fourth-order valence-corrected chi connectivity index (χ4v) is 4.31. The standard InChI is InChI=1S/C29H23F3N2O3/c30-29(31,32)37-24-13-10-21(11-14-24)22-12-15-26-25(18-22)28(35)34(19-23-8-4-5-17-33-23)27(36-26)16-9-20-6-2-1-3-7-20/h1-8,10-15,17-18,27H,9,16,19H2. The molecule has 1 aliphatic rings. The molecule has 37 heavy (non-hydrogen) atoms. The summed E-state index contributed by atoms with van der Waals surface area (Å²) in [4.78, 5) is 19.8. The van der Waals surface area contributed by atoms with Gasteiger partial charge in [0.2, 0.25) is 0 Å². The molecule has 4 aromatic rings. The zero-order chi connectivity index (χ0) is 25.8. The van der Waals surface area contributed by atoms with Crippen molar-refractivity contribution in [2.45, 2.75) is 32.0 Å². The van der Waals surface area contributed by atoms with E-state index in [1.807, 2.05) is 48.5 Å². The first-order valence-corrected chi connectivity index (χ1v) is 11.8. The molecule has 5 rings (SSSR count). The monoisotopic (exact) mass is 504 g/mol. The zero-order valence-corrected chi connectivity index (χ0v) is 19.7. The van der Waals surface area contributed by atoms with Gasteiger partial charge in [-0.1, -0.05) is 54.6 Å². The minimum atomic E-state index is -4.76. The summed E-state index contributed by atoms with van der Waals surface area (Å²) in [5, 5.41) is 0. The van der Waals surface area contributed by atoms with Crippen LogP contribution in [0.4, 0.5) is 13.2 Å². The molecule has 1 amide bonds. The van der Waals surface area contributed by atoms with Crippen LogP contribution in [0, 0.1) is 0 Å². The number of aromatic nitrogens is 1. The molecule has 0 aliphatic carbocycles. The van der Waals surface area contributed by atoms with Crippen LogP contribution in [-0.4, -0.2) is 28.4 Å². The molecule has 0 fully saturated rings. The van der Waals surface area contributed by atoms with E-state index in [1.165, 1.54) is 24.3 Å². The Labute approximate surface area is 212 Å². The van der Waals surface area contributed by atoms with E-state index in [2.05, 4.69) is 9.72 Å². The summed E-state index contributed by atoms with van der Waals surface area (Å²) in [5.41, 5.74) is 3.60. The number of carbonyl (C=O) groups excluding carboxylic acids is 1. The van der Waals surface area contributed by atoms with Gasteiger partial charge in [-0.15, -0.1) is 13.2 Å². The lowest BCUT2D eigenvalue weighted by Gasteiger charge is -2.37. The lowest BCUT2D eigenvalue weighted by Crippen LogP contribution is -2.47. The summed E-state index contributed by atoms with van der Waals surface area (Å²) >= 11 is 0. The van der Waals surface area contributed by atoms with Crippen molar-refractivity contribution in [3.05, 3.63) is 114 Å². The van der Waals surface area contributed by atoms with E-state index >= 15 is 0 Å². The SMILES string of the molecule is O=C1c2cc(-c3ccc(OC(F)(F)F)cc3)ccc2OC(CCc2ccccc2)N1Cc1ccccn1. The summed E-state index contributed by atoms with van der Waals surface area (Å²) in [7, 11) is 0. The van der Waals surface area contributed by atoms with Gasteiger partial charge in [-0.3, -0.25) is 14.7 Å². The van der Waals surface area contributed by atoms with Crippen LogP contribution in [0.3, 0.4) is 0 Å². The van der Waals surface area contributed by atoms with Crippen LogP contribution >= 0.6 is 0 Å². The Hall–Kier alpha value is -4.33. The van der Waals surface area contributed by atoms with Crippen LogP contribution in [0.2, 0.25) is 0 Å². The fourth-order valence-electron chi connectivity index (χ4n) is 4.31. The maximum Gasteiger partial charge on any atom is 0.573 e. The summed E-state index contributed by atoms with van der Waals surface area (Å²) in [5.74, 6) is -0.0265. The Kier molecular flexibility index (Phi) is 6.81. The number of fused-ring (bicyclic) bond motifs is 1. The van der Waals surface area contributed by atoms with Gasteiger partial charge in [0.15, 0.2) is 6.23 Å². The number of amides is 1. The van der Waals surface area contributed by atoms with Crippen molar-refractivity contribution in [2.24, 2.45) is 0 Å². The second-order valence-corrected chi connectivity index (χ2v) is 8.63. The van der Waals surface area contributed by atoms with Crippen LogP contribution in [-0.2, 0) is 13.0 Å². The van der Waals surface area contributed by atoms with Crippen molar-refractivity contribution < 1.29 is 27.4 Å². The van der Waals surface area contributed by atoms with E-state index in [0.29, 0.717) is 28.9 Å². The van der Waals surface area contributed by atoms with Gasteiger partial charge in [-0.25, -0.2) is 0 Å². The fraction of sp³-hybridized carbons (Fsp3) is 0.172. The Morgan fingerprint density at radius 1 is 0.892 bits per heavy atom. The molecule has 8 heteroatoms. The van der Waals surface area contributed by atoms with Crippen molar-refractivity contribution in [2.75, 3.05) is 0 Å². The van der Waals surface area contributed by atoms with Crippen molar-refractivity contribution >= 4 is 5.91 Å². The Morgan fingerprint density at radius 3 is 2.32 bits per heavy atom. The number of halogens is 3. The molecule has 0 saturated heterocycles. The topological polar surface area (TPSA) is 51.7 Å². The number of aryl methyl sites for hydroxylation is 1. The molecule has 5 nitrogen and oxygen atoms in total.